The van der Waals surface area contributed by atoms with Gasteiger partial charge in [-0.1, -0.05) is 43.7 Å². The highest BCUT2D eigenvalue weighted by molar-refractivity contribution is 7.89. The van der Waals surface area contributed by atoms with Crippen molar-refractivity contribution >= 4 is 27.8 Å². The number of primary sulfonamides is 1. The van der Waals surface area contributed by atoms with Crippen LogP contribution >= 0.6 is 0 Å². The van der Waals surface area contributed by atoms with E-state index in [9.17, 15) is 22.8 Å². The molecule has 1 atom stereocenters. The SMILES string of the molecule is Cc1ccc(C(=O)N[C@H](C(=O)OCC(=O)NCCc2ccc(S(N)(=O)=O)cc2)C(C)C)cc1. The van der Waals surface area contributed by atoms with Crippen LogP contribution in [0.5, 0.6) is 0 Å². The highest BCUT2D eigenvalue weighted by Crippen LogP contribution is 2.10. The summed E-state index contributed by atoms with van der Waals surface area (Å²) in [6, 6.07) is 12.0. The molecule has 4 N–H and O–H groups in total. The fraction of sp³-hybridized carbons (Fsp3) is 0.348. The number of carbonyl (C=O) groups is 3. The minimum Gasteiger partial charge on any atom is -0.454 e. The summed E-state index contributed by atoms with van der Waals surface area (Å²) in [5, 5.41) is 10.3. The summed E-state index contributed by atoms with van der Waals surface area (Å²) in [5.74, 6) is -1.82. The van der Waals surface area contributed by atoms with E-state index in [1.54, 1.807) is 50.2 Å². The molecule has 10 heteroatoms. The molecule has 0 spiro atoms. The van der Waals surface area contributed by atoms with Crippen molar-refractivity contribution in [1.82, 2.24) is 10.6 Å². The van der Waals surface area contributed by atoms with Crippen LogP contribution in [0.15, 0.2) is 53.4 Å². The maximum Gasteiger partial charge on any atom is 0.329 e. The first-order valence-corrected chi connectivity index (χ1v) is 11.9. The molecule has 0 fully saturated rings. The molecule has 0 bridgehead atoms. The Hall–Kier alpha value is -3.24. The standard InChI is InChI=1S/C23H29N3O6S/c1-15(2)21(26-22(28)18-8-4-16(3)5-9-18)23(29)32-14-20(27)25-13-12-17-6-10-19(11-7-17)33(24,30)31/h4-11,15,21H,12-14H2,1-3H3,(H,25,27)(H,26,28)(H2,24,30,31)/t21-/m0/s1. The second-order valence-electron chi connectivity index (χ2n) is 7.96. The van der Waals surface area contributed by atoms with Gasteiger partial charge in [0.05, 0.1) is 4.90 Å². The minimum atomic E-state index is -3.75. The van der Waals surface area contributed by atoms with E-state index in [1.807, 2.05) is 6.92 Å². The normalized spacial score (nSPS) is 12.2. The summed E-state index contributed by atoms with van der Waals surface area (Å²) in [6.45, 7) is 5.23. The molecule has 0 saturated heterocycles. The van der Waals surface area contributed by atoms with Crippen LogP contribution in [-0.4, -0.2) is 45.4 Å². The average molecular weight is 476 g/mol. The van der Waals surface area contributed by atoms with E-state index in [0.29, 0.717) is 12.0 Å². The molecule has 0 aliphatic rings. The Balaban J connectivity index is 1.80. The van der Waals surface area contributed by atoms with Gasteiger partial charge in [-0.25, -0.2) is 18.4 Å². The maximum atomic E-state index is 12.4. The van der Waals surface area contributed by atoms with E-state index < -0.39 is 40.5 Å². The molecule has 33 heavy (non-hydrogen) atoms. The van der Waals surface area contributed by atoms with Gasteiger partial charge in [-0.05, 0) is 49.1 Å². The zero-order chi connectivity index (χ0) is 24.6. The lowest BCUT2D eigenvalue weighted by Crippen LogP contribution is -2.46. The lowest BCUT2D eigenvalue weighted by atomic mass is 10.0. The third-order valence-electron chi connectivity index (χ3n) is 4.85. The molecule has 9 nitrogen and oxygen atoms in total. The van der Waals surface area contributed by atoms with E-state index in [2.05, 4.69) is 10.6 Å². The van der Waals surface area contributed by atoms with E-state index in [1.165, 1.54) is 12.1 Å². The Labute approximate surface area is 193 Å². The number of amides is 2. The van der Waals surface area contributed by atoms with Crippen LogP contribution < -0.4 is 15.8 Å². The van der Waals surface area contributed by atoms with Gasteiger partial charge in [-0.15, -0.1) is 0 Å². The zero-order valence-electron chi connectivity index (χ0n) is 18.8. The number of nitrogens with one attached hydrogen (secondary N) is 2. The van der Waals surface area contributed by atoms with Gasteiger partial charge in [-0.2, -0.15) is 0 Å². The van der Waals surface area contributed by atoms with E-state index in [0.717, 1.165) is 11.1 Å². The molecular weight excluding hydrogens is 446 g/mol. The lowest BCUT2D eigenvalue weighted by Gasteiger charge is -2.21. The molecule has 0 heterocycles. The van der Waals surface area contributed by atoms with Crippen molar-refractivity contribution in [3.63, 3.8) is 0 Å². The van der Waals surface area contributed by atoms with Gasteiger partial charge in [0.1, 0.15) is 6.04 Å². The van der Waals surface area contributed by atoms with Crippen molar-refractivity contribution < 1.29 is 27.5 Å². The average Bonchev–Trinajstić information content (AvgIpc) is 2.75. The van der Waals surface area contributed by atoms with Crippen LogP contribution in [0.4, 0.5) is 0 Å². The van der Waals surface area contributed by atoms with E-state index >= 15 is 0 Å². The van der Waals surface area contributed by atoms with Crippen LogP contribution in [0.3, 0.4) is 0 Å². The Morgan fingerprint density at radius 1 is 1.00 bits per heavy atom. The van der Waals surface area contributed by atoms with E-state index in [4.69, 9.17) is 9.88 Å². The molecule has 0 radical (unpaired) electrons. The Kier molecular flexibility index (Phi) is 9.12. The number of nitrogens with two attached hydrogens (primary N) is 1. The molecule has 2 amide bonds. The monoisotopic (exact) mass is 475 g/mol. The van der Waals surface area contributed by atoms with Gasteiger partial charge >= 0.3 is 5.97 Å². The minimum absolute atomic E-state index is 0.0105. The van der Waals surface area contributed by atoms with Crippen molar-refractivity contribution in [1.29, 1.82) is 0 Å². The largest absolute Gasteiger partial charge is 0.454 e. The first-order chi connectivity index (χ1) is 15.5. The number of carbonyl (C=O) groups excluding carboxylic acids is 3. The van der Waals surface area contributed by atoms with Crippen molar-refractivity contribution in [2.45, 2.75) is 38.1 Å². The number of ether oxygens (including phenoxy) is 1. The van der Waals surface area contributed by atoms with Gasteiger partial charge in [0.15, 0.2) is 6.61 Å². The number of hydrogen-bond donors (Lipinski definition) is 3. The number of sulfonamides is 1. The third-order valence-corrected chi connectivity index (χ3v) is 5.78. The van der Waals surface area contributed by atoms with Gasteiger partial charge in [0, 0.05) is 12.1 Å². The van der Waals surface area contributed by atoms with Crippen LogP contribution in [0.1, 0.15) is 35.3 Å². The number of benzene rings is 2. The second-order valence-corrected chi connectivity index (χ2v) is 9.52. The summed E-state index contributed by atoms with van der Waals surface area (Å²) in [6.07, 6.45) is 0.450. The maximum absolute atomic E-state index is 12.4. The Morgan fingerprint density at radius 3 is 2.15 bits per heavy atom. The number of esters is 1. The number of rotatable bonds is 10. The number of hydrogen-bond acceptors (Lipinski definition) is 6. The molecule has 2 aromatic rings. The van der Waals surface area contributed by atoms with Crippen LogP contribution in [0, 0.1) is 12.8 Å². The van der Waals surface area contributed by atoms with Crippen LogP contribution in [-0.2, 0) is 30.8 Å². The van der Waals surface area contributed by atoms with Crippen molar-refractivity contribution in [3.8, 4) is 0 Å². The molecule has 2 rings (SSSR count). The first-order valence-electron chi connectivity index (χ1n) is 10.4. The van der Waals surface area contributed by atoms with Crippen LogP contribution in [0.2, 0.25) is 0 Å². The lowest BCUT2D eigenvalue weighted by molar-refractivity contribution is -0.151. The molecule has 0 saturated carbocycles. The van der Waals surface area contributed by atoms with E-state index in [-0.39, 0.29) is 17.4 Å². The van der Waals surface area contributed by atoms with Gasteiger partial charge < -0.3 is 15.4 Å². The first kappa shape index (κ1) is 26.0. The predicted molar refractivity (Wildman–Crippen MR) is 123 cm³/mol. The smallest absolute Gasteiger partial charge is 0.329 e. The third kappa shape index (κ3) is 8.32. The summed E-state index contributed by atoms with van der Waals surface area (Å²) in [5.41, 5.74) is 2.24. The summed E-state index contributed by atoms with van der Waals surface area (Å²) >= 11 is 0. The highest BCUT2D eigenvalue weighted by Gasteiger charge is 2.26. The zero-order valence-corrected chi connectivity index (χ0v) is 19.6. The summed E-state index contributed by atoms with van der Waals surface area (Å²) in [4.78, 5) is 36.9. The van der Waals surface area contributed by atoms with Gasteiger partial charge in [0.25, 0.3) is 11.8 Å². The molecule has 2 aromatic carbocycles. The van der Waals surface area contributed by atoms with Crippen molar-refractivity contribution in [3.05, 3.63) is 65.2 Å². The summed E-state index contributed by atoms with van der Waals surface area (Å²) in [7, 11) is -3.75. The molecule has 178 valence electrons. The van der Waals surface area contributed by atoms with Crippen LogP contribution in [0.25, 0.3) is 0 Å². The Bertz CT molecular complexity index is 1080. The quantitative estimate of drug-likeness (QED) is 0.442. The Morgan fingerprint density at radius 2 is 1.61 bits per heavy atom. The van der Waals surface area contributed by atoms with Gasteiger partial charge in [0.2, 0.25) is 10.0 Å². The fourth-order valence-electron chi connectivity index (χ4n) is 2.90. The summed E-state index contributed by atoms with van der Waals surface area (Å²) < 4.78 is 27.6. The molecular formula is C23H29N3O6S. The van der Waals surface area contributed by atoms with Gasteiger partial charge in [-0.3, -0.25) is 9.59 Å². The molecule has 0 aliphatic carbocycles. The predicted octanol–water partition coefficient (Wildman–Crippen LogP) is 1.30. The molecule has 0 unspecified atom stereocenters. The second kappa shape index (κ2) is 11.6. The van der Waals surface area contributed by atoms with Crippen molar-refractivity contribution in [2.24, 2.45) is 11.1 Å². The topological polar surface area (TPSA) is 145 Å². The number of aryl methyl sites for hydroxylation is 1. The highest BCUT2D eigenvalue weighted by atomic mass is 32.2. The fourth-order valence-corrected chi connectivity index (χ4v) is 3.41. The molecule has 0 aromatic heterocycles. The molecule has 0 aliphatic heterocycles. The van der Waals surface area contributed by atoms with Crippen molar-refractivity contribution in [2.75, 3.05) is 13.2 Å².